The monoisotopic (exact) mass is 495 g/mol. The number of nitrogens with one attached hydrogen (secondary N) is 2. The Hall–Kier alpha value is -2.82. The van der Waals surface area contributed by atoms with Gasteiger partial charge in [-0.2, -0.15) is 4.72 Å². The number of likely N-dealkylation sites (N-methyl/N-ethyl adjacent to an activating group) is 1. The molecule has 2 atom stereocenters. The Kier molecular flexibility index (Phi) is 7.83. The number of benzene rings is 3. The van der Waals surface area contributed by atoms with Crippen LogP contribution in [0.3, 0.4) is 0 Å². The Morgan fingerprint density at radius 2 is 1.69 bits per heavy atom. The van der Waals surface area contributed by atoms with Crippen molar-refractivity contribution in [1.29, 1.82) is 0 Å². The Morgan fingerprint density at radius 3 is 2.37 bits per heavy atom. The standard InChI is InChI=1S/C26H33N5O3S/c1-31(21-9-3-4-10-21)26(32)23(17-18-13-15-20(16-14-18)25(27)29-28)30-35(33,34)24-12-6-8-19-7-2-5-11-22(19)24/h2,5-8,11-16,21,23,25,29-30H,3-4,9-10,17,27-28H2,1H3/t23-,25?/m0/s1. The molecule has 6 N–H and O–H groups in total. The summed E-state index contributed by atoms with van der Waals surface area (Å²) >= 11 is 0. The second-order valence-electron chi connectivity index (χ2n) is 9.13. The zero-order chi connectivity index (χ0) is 25.0. The molecule has 35 heavy (non-hydrogen) atoms. The number of carbonyl (C=O) groups excluding carboxylic acids is 1. The zero-order valence-electron chi connectivity index (χ0n) is 19.9. The highest BCUT2D eigenvalue weighted by Crippen LogP contribution is 2.25. The third-order valence-electron chi connectivity index (χ3n) is 6.81. The lowest BCUT2D eigenvalue weighted by atomic mass is 10.0. The minimum absolute atomic E-state index is 0.128. The van der Waals surface area contributed by atoms with Crippen LogP contribution in [-0.4, -0.2) is 38.4 Å². The highest BCUT2D eigenvalue weighted by Gasteiger charge is 2.32. The Balaban J connectivity index is 1.64. The molecule has 4 rings (SSSR count). The Bertz CT molecular complexity index is 1270. The summed E-state index contributed by atoms with van der Waals surface area (Å²) in [6.45, 7) is 0. The van der Waals surface area contributed by atoms with E-state index in [9.17, 15) is 13.2 Å². The molecule has 9 heteroatoms. The van der Waals surface area contributed by atoms with Crippen LogP contribution in [0.2, 0.25) is 0 Å². The third kappa shape index (κ3) is 5.71. The van der Waals surface area contributed by atoms with Crippen LogP contribution in [0.4, 0.5) is 0 Å². The molecule has 0 radical (unpaired) electrons. The fraction of sp³-hybridized carbons (Fsp3) is 0.346. The van der Waals surface area contributed by atoms with Crippen molar-refractivity contribution < 1.29 is 13.2 Å². The summed E-state index contributed by atoms with van der Waals surface area (Å²) < 4.78 is 29.8. The number of hydrogen-bond donors (Lipinski definition) is 4. The van der Waals surface area contributed by atoms with E-state index in [1.165, 1.54) is 0 Å². The SMILES string of the molecule is CN(C(=O)[C@H](Cc1ccc(C(N)NN)cc1)NS(=O)(=O)c1cccc2ccccc12)C1CCCC1. The molecule has 8 nitrogen and oxygen atoms in total. The summed E-state index contributed by atoms with van der Waals surface area (Å²) in [7, 11) is -2.21. The smallest absolute Gasteiger partial charge is 0.241 e. The molecule has 1 amide bonds. The van der Waals surface area contributed by atoms with Gasteiger partial charge >= 0.3 is 0 Å². The number of nitrogens with zero attached hydrogens (tertiary/aromatic N) is 1. The molecular formula is C26H33N5O3S. The lowest BCUT2D eigenvalue weighted by Crippen LogP contribution is -2.50. The van der Waals surface area contributed by atoms with Crippen LogP contribution in [0.15, 0.2) is 71.6 Å². The van der Waals surface area contributed by atoms with Gasteiger partial charge in [0.05, 0.1) is 11.1 Å². The minimum atomic E-state index is -3.98. The predicted molar refractivity (Wildman–Crippen MR) is 137 cm³/mol. The molecule has 3 aromatic rings. The molecule has 0 saturated heterocycles. The van der Waals surface area contributed by atoms with Crippen molar-refractivity contribution in [3.05, 3.63) is 77.9 Å². The van der Waals surface area contributed by atoms with Crippen molar-refractivity contribution in [1.82, 2.24) is 15.0 Å². The number of hydrogen-bond acceptors (Lipinski definition) is 6. The maximum Gasteiger partial charge on any atom is 0.241 e. The van der Waals surface area contributed by atoms with Gasteiger partial charge < -0.3 is 10.6 Å². The molecule has 0 spiro atoms. The molecule has 1 fully saturated rings. The highest BCUT2D eigenvalue weighted by molar-refractivity contribution is 7.89. The molecule has 1 aliphatic rings. The second kappa shape index (κ2) is 10.8. The largest absolute Gasteiger partial charge is 0.341 e. The van der Waals surface area contributed by atoms with Crippen LogP contribution >= 0.6 is 0 Å². The maximum absolute atomic E-state index is 13.6. The quantitative estimate of drug-likeness (QED) is 0.205. The first-order chi connectivity index (χ1) is 16.8. The van der Waals surface area contributed by atoms with E-state index >= 15 is 0 Å². The van der Waals surface area contributed by atoms with Crippen LogP contribution in [0.1, 0.15) is 43.0 Å². The third-order valence-corrected chi connectivity index (χ3v) is 8.34. The van der Waals surface area contributed by atoms with Crippen molar-refractivity contribution in [2.75, 3.05) is 7.05 Å². The van der Waals surface area contributed by atoms with Gasteiger partial charge in [-0.1, -0.05) is 73.5 Å². The molecule has 0 heterocycles. The molecular weight excluding hydrogens is 462 g/mol. The van der Waals surface area contributed by atoms with Crippen molar-refractivity contribution in [3.8, 4) is 0 Å². The van der Waals surface area contributed by atoms with Gasteiger partial charge in [-0.25, -0.2) is 13.8 Å². The van der Waals surface area contributed by atoms with Gasteiger partial charge in [0.2, 0.25) is 15.9 Å². The van der Waals surface area contributed by atoms with Crippen molar-refractivity contribution in [3.63, 3.8) is 0 Å². The first kappa shape index (κ1) is 25.3. The van der Waals surface area contributed by atoms with E-state index in [-0.39, 0.29) is 23.3 Å². The molecule has 1 aliphatic carbocycles. The summed E-state index contributed by atoms with van der Waals surface area (Å²) in [5.41, 5.74) is 10.0. The van der Waals surface area contributed by atoms with Crippen molar-refractivity contribution in [2.45, 2.75) is 55.2 Å². The normalized spacial score (nSPS) is 16.3. The van der Waals surface area contributed by atoms with E-state index < -0.39 is 22.2 Å². The van der Waals surface area contributed by atoms with Crippen molar-refractivity contribution >= 4 is 26.7 Å². The minimum Gasteiger partial charge on any atom is -0.341 e. The number of sulfonamides is 1. The molecule has 3 aromatic carbocycles. The average Bonchev–Trinajstić information content (AvgIpc) is 3.42. The summed E-state index contributed by atoms with van der Waals surface area (Å²) in [5, 5.41) is 1.44. The van der Waals surface area contributed by atoms with Gasteiger partial charge in [0.25, 0.3) is 0 Å². The second-order valence-corrected chi connectivity index (χ2v) is 10.8. The summed E-state index contributed by atoms with van der Waals surface area (Å²) in [6, 6.07) is 19.0. The molecule has 0 aromatic heterocycles. The Labute approximate surface area is 206 Å². The summed E-state index contributed by atoms with van der Waals surface area (Å²) in [4.78, 5) is 15.5. The van der Waals surface area contributed by atoms with Gasteiger partial charge in [0.1, 0.15) is 6.04 Å². The van der Waals surface area contributed by atoms with Gasteiger partial charge in [-0.15, -0.1) is 0 Å². The van der Waals surface area contributed by atoms with E-state index in [1.54, 1.807) is 36.2 Å². The first-order valence-electron chi connectivity index (χ1n) is 11.9. The van der Waals surface area contributed by atoms with E-state index in [4.69, 9.17) is 11.6 Å². The number of carbonyl (C=O) groups is 1. The van der Waals surface area contributed by atoms with Gasteiger partial charge in [-0.3, -0.25) is 10.6 Å². The number of nitrogens with two attached hydrogens (primary N) is 2. The van der Waals surface area contributed by atoms with E-state index in [1.807, 2.05) is 42.5 Å². The number of amides is 1. The van der Waals surface area contributed by atoms with E-state index in [2.05, 4.69) is 10.1 Å². The van der Waals surface area contributed by atoms with Crippen LogP contribution in [-0.2, 0) is 21.2 Å². The molecule has 0 bridgehead atoms. The van der Waals surface area contributed by atoms with Crippen LogP contribution in [0, 0.1) is 0 Å². The number of fused-ring (bicyclic) bond motifs is 1. The number of hydrazine groups is 1. The number of rotatable bonds is 9. The summed E-state index contributed by atoms with van der Waals surface area (Å²) in [6.07, 6.45) is 3.72. The van der Waals surface area contributed by atoms with Gasteiger partial charge in [-0.05, 0) is 41.8 Å². The fourth-order valence-corrected chi connectivity index (χ4v) is 6.19. The van der Waals surface area contributed by atoms with Crippen LogP contribution in [0.5, 0.6) is 0 Å². The molecule has 0 aliphatic heterocycles. The van der Waals surface area contributed by atoms with Crippen LogP contribution in [0.25, 0.3) is 10.8 Å². The van der Waals surface area contributed by atoms with E-state index in [0.717, 1.165) is 42.2 Å². The van der Waals surface area contributed by atoms with Gasteiger partial charge in [0.15, 0.2) is 0 Å². The van der Waals surface area contributed by atoms with Crippen LogP contribution < -0.4 is 21.7 Å². The molecule has 1 saturated carbocycles. The Morgan fingerprint density at radius 1 is 1.03 bits per heavy atom. The lowest BCUT2D eigenvalue weighted by Gasteiger charge is -2.29. The van der Waals surface area contributed by atoms with Gasteiger partial charge in [0, 0.05) is 18.5 Å². The lowest BCUT2D eigenvalue weighted by molar-refractivity contribution is -0.133. The topological polar surface area (TPSA) is 131 Å². The fourth-order valence-electron chi connectivity index (χ4n) is 4.77. The summed E-state index contributed by atoms with van der Waals surface area (Å²) in [5.74, 6) is 5.19. The van der Waals surface area contributed by atoms with Crippen molar-refractivity contribution in [2.24, 2.45) is 11.6 Å². The zero-order valence-corrected chi connectivity index (χ0v) is 20.7. The van der Waals surface area contributed by atoms with E-state index in [0.29, 0.717) is 5.39 Å². The predicted octanol–water partition coefficient (Wildman–Crippen LogP) is 2.55. The maximum atomic E-state index is 13.6. The molecule has 1 unspecified atom stereocenters. The first-order valence-corrected chi connectivity index (χ1v) is 13.4. The average molecular weight is 496 g/mol. The highest BCUT2D eigenvalue weighted by atomic mass is 32.2. The molecule has 186 valence electrons.